The first-order valence-electron chi connectivity index (χ1n) is 9.82. The van der Waals surface area contributed by atoms with E-state index in [1.165, 1.54) is 7.11 Å². The van der Waals surface area contributed by atoms with Crippen LogP contribution in [0, 0.1) is 6.92 Å². The lowest BCUT2D eigenvalue weighted by atomic mass is 10.0. The standard InChI is InChI=1S/C22H23ClN4O3/c1-11-9-14(12(2)24-16-7-8-17(23)25-19(16)22(29)30-4)18-15(10-11)21(28)27(3)20(26-18)13-5-6-13/h7-10,12-13,24H,5-6H2,1-4H3. The summed E-state index contributed by atoms with van der Waals surface area (Å²) >= 11 is 5.96. The predicted molar refractivity (Wildman–Crippen MR) is 116 cm³/mol. The molecule has 0 aliphatic heterocycles. The average molecular weight is 427 g/mol. The van der Waals surface area contributed by atoms with E-state index in [-0.39, 0.29) is 22.4 Å². The molecule has 3 aromatic rings. The summed E-state index contributed by atoms with van der Waals surface area (Å²) in [6.45, 7) is 3.91. The summed E-state index contributed by atoms with van der Waals surface area (Å²) in [6, 6.07) is 6.95. The molecule has 8 heteroatoms. The van der Waals surface area contributed by atoms with Crippen LogP contribution in [-0.4, -0.2) is 27.6 Å². The van der Waals surface area contributed by atoms with Crippen LogP contribution in [0.5, 0.6) is 0 Å². The van der Waals surface area contributed by atoms with Gasteiger partial charge < -0.3 is 10.1 Å². The van der Waals surface area contributed by atoms with E-state index in [0.29, 0.717) is 22.5 Å². The molecule has 0 radical (unpaired) electrons. The fraction of sp³-hybridized carbons (Fsp3) is 0.364. The zero-order valence-electron chi connectivity index (χ0n) is 17.3. The summed E-state index contributed by atoms with van der Waals surface area (Å²) < 4.78 is 6.50. The molecule has 156 valence electrons. The molecule has 1 unspecified atom stereocenters. The van der Waals surface area contributed by atoms with Crippen LogP contribution in [-0.2, 0) is 11.8 Å². The molecule has 0 spiro atoms. The third-order valence-corrected chi connectivity index (χ3v) is 5.62. The summed E-state index contributed by atoms with van der Waals surface area (Å²) in [5.41, 5.74) is 3.10. The van der Waals surface area contributed by atoms with Crippen LogP contribution in [0.15, 0.2) is 29.1 Å². The number of nitrogens with zero attached hydrogens (tertiary/aromatic N) is 3. The number of carbonyl (C=O) groups excluding carboxylic acids is 1. The first-order valence-corrected chi connectivity index (χ1v) is 10.2. The van der Waals surface area contributed by atoms with Gasteiger partial charge in [0.25, 0.3) is 5.56 Å². The van der Waals surface area contributed by atoms with Crippen molar-refractivity contribution >= 4 is 34.2 Å². The van der Waals surface area contributed by atoms with Crippen molar-refractivity contribution in [2.75, 3.05) is 12.4 Å². The van der Waals surface area contributed by atoms with Gasteiger partial charge in [-0.25, -0.2) is 14.8 Å². The Hall–Kier alpha value is -2.93. The Bertz CT molecular complexity index is 1220. The highest BCUT2D eigenvalue weighted by molar-refractivity contribution is 6.29. The minimum atomic E-state index is -0.579. The molecular weight excluding hydrogens is 404 g/mol. The summed E-state index contributed by atoms with van der Waals surface area (Å²) in [4.78, 5) is 34.1. The number of carbonyl (C=O) groups is 1. The predicted octanol–water partition coefficient (Wildman–Crippen LogP) is 4.13. The van der Waals surface area contributed by atoms with Crippen molar-refractivity contribution in [2.45, 2.75) is 38.6 Å². The Morgan fingerprint density at radius 3 is 2.70 bits per heavy atom. The van der Waals surface area contributed by atoms with Crippen LogP contribution in [0.3, 0.4) is 0 Å². The van der Waals surface area contributed by atoms with E-state index in [1.807, 2.05) is 26.0 Å². The Morgan fingerprint density at radius 1 is 1.30 bits per heavy atom. The second kappa shape index (κ2) is 7.72. The van der Waals surface area contributed by atoms with Crippen LogP contribution in [0.4, 0.5) is 5.69 Å². The SMILES string of the molecule is COC(=O)c1nc(Cl)ccc1NC(C)c1cc(C)cc2c(=O)n(C)c(C3CC3)nc12. The monoisotopic (exact) mass is 426 g/mol. The summed E-state index contributed by atoms with van der Waals surface area (Å²) in [5.74, 6) is 0.591. The zero-order valence-corrected chi connectivity index (χ0v) is 18.1. The number of ether oxygens (including phenoxy) is 1. The molecule has 0 saturated heterocycles. The molecule has 0 amide bonds. The summed E-state index contributed by atoms with van der Waals surface area (Å²) in [5, 5.41) is 4.11. The van der Waals surface area contributed by atoms with Crippen molar-refractivity contribution in [3.8, 4) is 0 Å². The van der Waals surface area contributed by atoms with Crippen LogP contribution < -0.4 is 10.9 Å². The number of rotatable bonds is 5. The van der Waals surface area contributed by atoms with Crippen molar-refractivity contribution in [1.82, 2.24) is 14.5 Å². The number of benzene rings is 1. The second-order valence-electron chi connectivity index (χ2n) is 7.75. The van der Waals surface area contributed by atoms with Gasteiger partial charge in [-0.05, 0) is 50.5 Å². The van der Waals surface area contributed by atoms with E-state index in [9.17, 15) is 9.59 Å². The van der Waals surface area contributed by atoms with Gasteiger partial charge in [0.1, 0.15) is 11.0 Å². The molecule has 1 atom stereocenters. The molecule has 1 fully saturated rings. The van der Waals surface area contributed by atoms with Crippen LogP contribution >= 0.6 is 11.6 Å². The van der Waals surface area contributed by atoms with Gasteiger partial charge in [0.15, 0.2) is 5.69 Å². The van der Waals surface area contributed by atoms with Gasteiger partial charge in [0.2, 0.25) is 0 Å². The minimum absolute atomic E-state index is 0.0394. The maximum atomic E-state index is 13.0. The number of esters is 1. The van der Waals surface area contributed by atoms with Gasteiger partial charge in [-0.2, -0.15) is 0 Å². The highest BCUT2D eigenvalue weighted by Crippen LogP contribution is 2.39. The van der Waals surface area contributed by atoms with Crippen LogP contribution in [0.25, 0.3) is 10.9 Å². The molecule has 0 bridgehead atoms. The molecule has 7 nitrogen and oxygen atoms in total. The Labute approximate surface area is 179 Å². The number of hydrogen-bond donors (Lipinski definition) is 1. The maximum absolute atomic E-state index is 13.0. The molecule has 4 rings (SSSR count). The van der Waals surface area contributed by atoms with E-state index in [2.05, 4.69) is 10.3 Å². The van der Waals surface area contributed by atoms with Gasteiger partial charge in [-0.1, -0.05) is 17.7 Å². The number of aryl methyl sites for hydroxylation is 1. The van der Waals surface area contributed by atoms with Gasteiger partial charge in [-0.3, -0.25) is 9.36 Å². The summed E-state index contributed by atoms with van der Waals surface area (Å²) in [6.07, 6.45) is 2.11. The zero-order chi connectivity index (χ0) is 21.6. The van der Waals surface area contributed by atoms with E-state index in [1.54, 1.807) is 23.7 Å². The molecule has 1 saturated carbocycles. The van der Waals surface area contributed by atoms with Crippen molar-refractivity contribution in [3.63, 3.8) is 0 Å². The van der Waals surface area contributed by atoms with Crippen LogP contribution in [0.2, 0.25) is 5.15 Å². The van der Waals surface area contributed by atoms with E-state index in [4.69, 9.17) is 21.3 Å². The number of fused-ring (bicyclic) bond motifs is 1. The number of aromatic nitrogens is 3. The van der Waals surface area contributed by atoms with Crippen molar-refractivity contribution in [1.29, 1.82) is 0 Å². The molecule has 1 aromatic carbocycles. The second-order valence-corrected chi connectivity index (χ2v) is 8.13. The van der Waals surface area contributed by atoms with Gasteiger partial charge in [-0.15, -0.1) is 0 Å². The number of hydrogen-bond acceptors (Lipinski definition) is 6. The smallest absolute Gasteiger partial charge is 0.358 e. The maximum Gasteiger partial charge on any atom is 0.358 e. The third-order valence-electron chi connectivity index (χ3n) is 5.41. The topological polar surface area (TPSA) is 86.1 Å². The number of halogens is 1. The Kier molecular flexibility index (Phi) is 5.24. The number of methoxy groups -OCH3 is 1. The third kappa shape index (κ3) is 3.65. The molecule has 2 heterocycles. The quantitative estimate of drug-likeness (QED) is 0.487. The lowest BCUT2D eigenvalue weighted by molar-refractivity contribution is 0.0595. The first-order chi connectivity index (χ1) is 14.3. The molecule has 1 aliphatic rings. The van der Waals surface area contributed by atoms with Crippen LogP contribution in [0.1, 0.15) is 59.2 Å². The fourth-order valence-electron chi connectivity index (χ4n) is 3.72. The van der Waals surface area contributed by atoms with Gasteiger partial charge in [0, 0.05) is 18.5 Å². The Balaban J connectivity index is 1.82. The molecule has 1 N–H and O–H groups in total. The normalized spacial score (nSPS) is 14.6. The largest absolute Gasteiger partial charge is 0.464 e. The minimum Gasteiger partial charge on any atom is -0.464 e. The number of pyridine rings is 1. The summed E-state index contributed by atoms with van der Waals surface area (Å²) in [7, 11) is 3.08. The van der Waals surface area contributed by atoms with E-state index >= 15 is 0 Å². The van der Waals surface area contributed by atoms with Gasteiger partial charge >= 0.3 is 5.97 Å². The van der Waals surface area contributed by atoms with Crippen molar-refractivity contribution < 1.29 is 9.53 Å². The van der Waals surface area contributed by atoms with Crippen molar-refractivity contribution in [2.24, 2.45) is 7.05 Å². The Morgan fingerprint density at radius 2 is 2.03 bits per heavy atom. The molecular formula is C22H23ClN4O3. The van der Waals surface area contributed by atoms with E-state index < -0.39 is 5.97 Å². The van der Waals surface area contributed by atoms with Gasteiger partial charge in [0.05, 0.1) is 29.7 Å². The molecule has 30 heavy (non-hydrogen) atoms. The highest BCUT2D eigenvalue weighted by Gasteiger charge is 2.29. The lowest BCUT2D eigenvalue weighted by Gasteiger charge is -2.20. The van der Waals surface area contributed by atoms with E-state index in [0.717, 1.165) is 29.8 Å². The average Bonchev–Trinajstić information content (AvgIpc) is 3.56. The fourth-order valence-corrected chi connectivity index (χ4v) is 3.87. The molecule has 1 aliphatic carbocycles. The number of nitrogens with one attached hydrogen (secondary N) is 1. The lowest BCUT2D eigenvalue weighted by Crippen LogP contribution is -2.23. The van der Waals surface area contributed by atoms with Crippen molar-refractivity contribution in [3.05, 3.63) is 62.4 Å². The highest BCUT2D eigenvalue weighted by atomic mass is 35.5. The number of anilines is 1. The first kappa shape index (κ1) is 20.3. The molecule has 2 aromatic heterocycles.